The first-order chi connectivity index (χ1) is 17.1. The van der Waals surface area contributed by atoms with Crippen LogP contribution >= 0.6 is 0 Å². The molecule has 0 spiro atoms. The zero-order valence-electron chi connectivity index (χ0n) is 21.2. The number of carbonyl (C=O) groups excluding carboxylic acids is 6. The molecule has 37 heavy (non-hydrogen) atoms. The van der Waals surface area contributed by atoms with Crippen molar-refractivity contribution in [3.8, 4) is 0 Å². The fraction of sp³-hybridized carbons (Fsp3) is 0.100. The molecule has 0 aromatic heterocycles. The van der Waals surface area contributed by atoms with Crippen molar-refractivity contribution in [3.05, 3.63) is 127 Å². The Morgan fingerprint density at radius 1 is 0.405 bits per heavy atom. The fourth-order valence-corrected chi connectivity index (χ4v) is 2.67. The number of benzene rings is 3. The first kappa shape index (κ1) is 32.9. The van der Waals surface area contributed by atoms with Crippen molar-refractivity contribution in [3.63, 3.8) is 0 Å². The van der Waals surface area contributed by atoms with Crippen molar-refractivity contribution < 1.29 is 28.8 Å². The van der Waals surface area contributed by atoms with E-state index in [1.54, 1.807) is 36.4 Å². The molecule has 186 valence electrons. The Morgan fingerprint density at radius 2 is 0.595 bits per heavy atom. The molecule has 6 nitrogen and oxygen atoms in total. The van der Waals surface area contributed by atoms with Crippen molar-refractivity contribution >= 4 is 54.5 Å². The standard InChI is InChI=1S/3C10H9O2.Ga/c3*1-8(11)7-10(12)9-5-3-2-4-6-9;/h3*2-7H,1H3;/q3*-1;+3/p+6. The van der Waals surface area contributed by atoms with Gasteiger partial charge in [-0.2, -0.15) is 0 Å². The summed E-state index contributed by atoms with van der Waals surface area (Å²) in [7, 11) is 0. The quantitative estimate of drug-likeness (QED) is 0.125. The van der Waals surface area contributed by atoms with Crippen LogP contribution in [0.1, 0.15) is 37.5 Å². The molecule has 0 radical (unpaired) electrons. The first-order valence-electron chi connectivity index (χ1n) is 11.1. The van der Waals surface area contributed by atoms with E-state index in [1.807, 2.05) is 54.6 Å². The molecule has 0 aliphatic carbocycles. The summed E-state index contributed by atoms with van der Waals surface area (Å²) in [5, 5.41) is 0. The molecular formula is C30H33GaO6+6. The molecule has 3 aromatic rings. The number of hydrogen-bond acceptors (Lipinski definition) is 0. The van der Waals surface area contributed by atoms with Gasteiger partial charge in [-0.05, 0) is 19.3 Å². The monoisotopic (exact) mass is 558 g/mol. The summed E-state index contributed by atoms with van der Waals surface area (Å²) < 4.78 is 0. The predicted octanol–water partition coefficient (Wildman–Crippen LogP) is 3.67. The fourth-order valence-electron chi connectivity index (χ4n) is 2.67. The third kappa shape index (κ3) is 14.8. The maximum absolute atomic E-state index is 9.37. The van der Waals surface area contributed by atoms with E-state index in [4.69, 9.17) is 14.4 Å². The van der Waals surface area contributed by atoms with Gasteiger partial charge in [-0.25, -0.2) is 0 Å². The normalized spacial score (nSPS) is 8.84. The second-order valence-electron chi connectivity index (χ2n) is 7.61. The van der Waals surface area contributed by atoms with Gasteiger partial charge in [-0.15, -0.1) is 36.4 Å². The van der Waals surface area contributed by atoms with Crippen molar-refractivity contribution in [1.82, 2.24) is 0 Å². The van der Waals surface area contributed by atoms with E-state index in [0.29, 0.717) is 16.7 Å². The van der Waals surface area contributed by atoms with Crippen LogP contribution in [0.15, 0.2) is 91.0 Å². The van der Waals surface area contributed by atoms with Gasteiger partial charge in [0.05, 0.1) is 0 Å². The van der Waals surface area contributed by atoms with Crippen LogP contribution in [-0.2, 0) is 0 Å². The van der Waals surface area contributed by atoms with Crippen molar-refractivity contribution in [2.75, 3.05) is 0 Å². The van der Waals surface area contributed by atoms with Crippen LogP contribution < -0.4 is 0 Å². The van der Waals surface area contributed by atoms with Gasteiger partial charge >= 0.3 is 19.8 Å². The number of hydrogen-bond donors (Lipinski definition) is 0. The molecule has 0 saturated heterocycles. The molecule has 0 aliphatic rings. The maximum atomic E-state index is 9.37. The van der Waals surface area contributed by atoms with Crippen LogP contribution in [0.3, 0.4) is 0 Å². The van der Waals surface area contributed by atoms with E-state index in [1.165, 1.54) is 40.0 Å². The Balaban J connectivity index is 0.000000518. The third-order valence-corrected chi connectivity index (χ3v) is 4.25. The predicted molar refractivity (Wildman–Crippen MR) is 154 cm³/mol. The molecular weight excluding hydrogens is 526 g/mol. The molecule has 0 aliphatic heterocycles. The zero-order valence-corrected chi connectivity index (χ0v) is 23.6. The molecule has 3 aromatic carbocycles. The smallest absolute Gasteiger partial charge is 0.313 e. The summed E-state index contributed by atoms with van der Waals surface area (Å²) in [5.41, 5.74) is 2.10. The topological polar surface area (TPSA) is 128 Å². The van der Waals surface area contributed by atoms with Crippen LogP contribution in [0.2, 0.25) is 0 Å². The minimum Gasteiger partial charge on any atom is -0.313 e. The molecule has 0 saturated carbocycles. The van der Waals surface area contributed by atoms with Crippen LogP contribution in [-0.4, -0.2) is 83.3 Å². The SMILES string of the molecule is CC(=[OH+])[CH-]C(=[OH+])c1ccccc1.CC(=[OH+])[CH-]C(=[OH+])c1ccccc1.CC(=[OH+])[CH-]C(=[OH+])c1ccccc1.[Ga+3]. The van der Waals surface area contributed by atoms with E-state index in [9.17, 15) is 14.4 Å². The van der Waals surface area contributed by atoms with Crippen LogP contribution in [0, 0.1) is 19.3 Å². The molecule has 3 rings (SSSR count). The molecule has 7 heteroatoms. The molecule has 0 fully saturated rings. The van der Waals surface area contributed by atoms with Crippen molar-refractivity contribution in [2.45, 2.75) is 20.8 Å². The van der Waals surface area contributed by atoms with E-state index < -0.39 is 0 Å². The van der Waals surface area contributed by atoms with Crippen LogP contribution in [0.5, 0.6) is 0 Å². The Bertz CT molecular complexity index is 1020. The van der Waals surface area contributed by atoms with E-state index in [-0.39, 0.29) is 54.5 Å². The Hall–Kier alpha value is -4.07. The molecule has 0 unspecified atom stereocenters. The van der Waals surface area contributed by atoms with Gasteiger partial charge in [0, 0.05) is 20.8 Å². The van der Waals surface area contributed by atoms with Crippen molar-refractivity contribution in [1.29, 1.82) is 0 Å². The van der Waals surface area contributed by atoms with Crippen LogP contribution in [0.25, 0.3) is 0 Å². The molecule has 0 atom stereocenters. The first-order valence-corrected chi connectivity index (χ1v) is 11.1. The second-order valence-corrected chi connectivity index (χ2v) is 7.61. The maximum Gasteiger partial charge on any atom is 3.00 e. The molecule has 0 heterocycles. The Labute approximate surface area is 230 Å². The average Bonchev–Trinajstić information content (AvgIpc) is 2.85. The summed E-state index contributed by atoms with van der Waals surface area (Å²) in [6.07, 6.45) is 3.94. The van der Waals surface area contributed by atoms with Gasteiger partial charge in [0.1, 0.15) is 0 Å². The van der Waals surface area contributed by atoms with E-state index >= 15 is 0 Å². The molecule has 0 bridgehead atoms. The summed E-state index contributed by atoms with van der Waals surface area (Å²) in [5.74, 6) is 0.519. The second kappa shape index (κ2) is 18.2. The van der Waals surface area contributed by atoms with Crippen molar-refractivity contribution in [2.24, 2.45) is 0 Å². The third-order valence-electron chi connectivity index (χ3n) is 4.25. The minimum atomic E-state index is 0. The number of rotatable bonds is 9. The van der Waals surface area contributed by atoms with Crippen LogP contribution in [0.4, 0.5) is 0 Å². The minimum absolute atomic E-state index is 0. The zero-order chi connectivity index (χ0) is 26.9. The summed E-state index contributed by atoms with van der Waals surface area (Å²) in [6, 6.07) is 27.2. The average molecular weight is 559 g/mol. The van der Waals surface area contributed by atoms with E-state index in [0.717, 1.165) is 0 Å². The van der Waals surface area contributed by atoms with E-state index in [2.05, 4.69) is 0 Å². The largest absolute Gasteiger partial charge is 3.00 e. The summed E-state index contributed by atoms with van der Waals surface area (Å²) in [6.45, 7) is 4.54. The Morgan fingerprint density at radius 3 is 0.757 bits per heavy atom. The van der Waals surface area contributed by atoms with Gasteiger partial charge in [-0.3, -0.25) is 14.4 Å². The summed E-state index contributed by atoms with van der Waals surface area (Å²) >= 11 is 0. The van der Waals surface area contributed by atoms with Gasteiger partial charge in [0.2, 0.25) is 34.7 Å². The van der Waals surface area contributed by atoms with Gasteiger partial charge in [0.25, 0.3) is 0 Å². The van der Waals surface area contributed by atoms with Gasteiger partial charge in [-0.1, -0.05) is 71.3 Å². The Kier molecular flexibility index (Phi) is 16.2. The molecule has 0 amide bonds. The van der Waals surface area contributed by atoms with Gasteiger partial charge in [0.15, 0.2) is 0 Å². The molecule has 6 N–H and O–H groups in total. The summed E-state index contributed by atoms with van der Waals surface area (Å²) in [4.78, 5) is 54.7. The van der Waals surface area contributed by atoms with Gasteiger partial charge < -0.3 is 14.4 Å². The number of ketones is 6.